The van der Waals surface area contributed by atoms with Crippen molar-refractivity contribution in [3.8, 4) is 0 Å². The van der Waals surface area contributed by atoms with E-state index >= 15 is 0 Å². The molecule has 1 aromatic rings. The summed E-state index contributed by atoms with van der Waals surface area (Å²) in [5, 5.41) is 4.72. The molecule has 0 bridgehead atoms. The molecule has 0 aromatic heterocycles. The zero-order valence-corrected chi connectivity index (χ0v) is 11.6. The van der Waals surface area contributed by atoms with Crippen molar-refractivity contribution in [3.63, 3.8) is 0 Å². The van der Waals surface area contributed by atoms with Gasteiger partial charge in [-0.05, 0) is 24.6 Å². The summed E-state index contributed by atoms with van der Waals surface area (Å²) in [4.78, 5) is 34.1. The standard InChI is InChI=1S/C13H12ClFN2O4/c14-8-5-7(1-2-9(8)15)16-12(19)6-21-13(20)10-3-4-11(18)17-10/h1-2,5,10H,3-4,6H2,(H,16,19)(H,17,18)/t10-/m0/s1. The van der Waals surface area contributed by atoms with E-state index in [4.69, 9.17) is 16.3 Å². The fourth-order valence-corrected chi connectivity index (χ4v) is 1.98. The molecule has 112 valence electrons. The Labute approximate surface area is 124 Å². The van der Waals surface area contributed by atoms with Gasteiger partial charge in [0.15, 0.2) is 6.61 Å². The number of esters is 1. The maximum Gasteiger partial charge on any atom is 0.329 e. The zero-order chi connectivity index (χ0) is 15.4. The van der Waals surface area contributed by atoms with E-state index in [1.54, 1.807) is 0 Å². The monoisotopic (exact) mass is 314 g/mol. The Hall–Kier alpha value is -2.15. The van der Waals surface area contributed by atoms with Crippen LogP contribution in [0, 0.1) is 5.82 Å². The molecule has 21 heavy (non-hydrogen) atoms. The minimum atomic E-state index is -0.703. The van der Waals surface area contributed by atoms with Gasteiger partial charge in [0.05, 0.1) is 5.02 Å². The Kier molecular flexibility index (Phi) is 4.74. The first kappa shape index (κ1) is 15.2. The van der Waals surface area contributed by atoms with Gasteiger partial charge >= 0.3 is 5.97 Å². The summed E-state index contributed by atoms with van der Waals surface area (Å²) >= 11 is 5.57. The number of nitrogens with one attached hydrogen (secondary N) is 2. The first-order valence-corrected chi connectivity index (χ1v) is 6.54. The van der Waals surface area contributed by atoms with Crippen LogP contribution in [0.1, 0.15) is 12.8 Å². The number of anilines is 1. The molecular weight excluding hydrogens is 303 g/mol. The molecule has 0 spiro atoms. The van der Waals surface area contributed by atoms with E-state index in [1.165, 1.54) is 12.1 Å². The molecule has 0 aliphatic carbocycles. The van der Waals surface area contributed by atoms with Crippen LogP contribution in [0.15, 0.2) is 18.2 Å². The minimum absolute atomic E-state index is 0.126. The summed E-state index contributed by atoms with van der Waals surface area (Å²) in [6.07, 6.45) is 0.618. The molecule has 1 aliphatic rings. The minimum Gasteiger partial charge on any atom is -0.454 e. The molecule has 1 heterocycles. The molecule has 1 aliphatic heterocycles. The zero-order valence-electron chi connectivity index (χ0n) is 10.8. The number of rotatable bonds is 4. The second kappa shape index (κ2) is 6.53. The van der Waals surface area contributed by atoms with E-state index in [2.05, 4.69) is 10.6 Å². The second-order valence-electron chi connectivity index (χ2n) is 4.44. The van der Waals surface area contributed by atoms with Gasteiger partial charge < -0.3 is 15.4 Å². The highest BCUT2D eigenvalue weighted by Gasteiger charge is 2.28. The third-order valence-electron chi connectivity index (χ3n) is 2.83. The van der Waals surface area contributed by atoms with E-state index in [0.29, 0.717) is 6.42 Å². The van der Waals surface area contributed by atoms with Gasteiger partial charge in [0.2, 0.25) is 5.91 Å². The third-order valence-corrected chi connectivity index (χ3v) is 3.12. The van der Waals surface area contributed by atoms with Gasteiger partial charge in [-0.2, -0.15) is 0 Å². The van der Waals surface area contributed by atoms with E-state index < -0.39 is 30.3 Å². The van der Waals surface area contributed by atoms with Gasteiger partial charge in [-0.3, -0.25) is 9.59 Å². The number of halogens is 2. The van der Waals surface area contributed by atoms with Crippen LogP contribution < -0.4 is 10.6 Å². The van der Waals surface area contributed by atoms with Gasteiger partial charge in [-0.15, -0.1) is 0 Å². The molecule has 6 nitrogen and oxygen atoms in total. The number of carbonyl (C=O) groups excluding carboxylic acids is 3. The van der Waals surface area contributed by atoms with Crippen molar-refractivity contribution in [2.45, 2.75) is 18.9 Å². The summed E-state index contributed by atoms with van der Waals surface area (Å²) in [6, 6.07) is 2.98. The number of amides is 2. The smallest absolute Gasteiger partial charge is 0.329 e. The van der Waals surface area contributed by atoms with Crippen molar-refractivity contribution in [1.82, 2.24) is 5.32 Å². The predicted octanol–water partition coefficient (Wildman–Crippen LogP) is 1.24. The highest BCUT2D eigenvalue weighted by Crippen LogP contribution is 2.19. The molecule has 0 unspecified atom stereocenters. The molecule has 1 saturated heterocycles. The Bertz CT molecular complexity index is 594. The van der Waals surface area contributed by atoms with Gasteiger partial charge in [0.1, 0.15) is 11.9 Å². The molecule has 1 aromatic carbocycles. The lowest BCUT2D eigenvalue weighted by atomic mass is 10.2. The van der Waals surface area contributed by atoms with Gasteiger partial charge in [0, 0.05) is 12.1 Å². The van der Waals surface area contributed by atoms with Crippen molar-refractivity contribution >= 4 is 35.1 Å². The van der Waals surface area contributed by atoms with E-state index in [9.17, 15) is 18.8 Å². The van der Waals surface area contributed by atoms with Crippen molar-refractivity contribution in [2.24, 2.45) is 0 Å². The van der Waals surface area contributed by atoms with Crippen LogP contribution >= 0.6 is 11.6 Å². The molecule has 0 radical (unpaired) electrons. The van der Waals surface area contributed by atoms with Crippen LogP contribution in [0.5, 0.6) is 0 Å². The normalized spacial score (nSPS) is 17.2. The third kappa shape index (κ3) is 4.16. The molecule has 0 saturated carbocycles. The first-order chi connectivity index (χ1) is 9.95. The van der Waals surface area contributed by atoms with E-state index in [0.717, 1.165) is 6.07 Å². The lowest BCUT2D eigenvalue weighted by Crippen LogP contribution is -2.36. The summed E-state index contributed by atoms with van der Waals surface area (Å²) in [6.45, 7) is -0.500. The number of ether oxygens (including phenoxy) is 1. The summed E-state index contributed by atoms with van der Waals surface area (Å²) in [5.74, 6) is -2.07. The van der Waals surface area contributed by atoms with Crippen LogP contribution in [-0.2, 0) is 19.1 Å². The van der Waals surface area contributed by atoms with Crippen molar-refractivity contribution < 1.29 is 23.5 Å². The summed E-state index contributed by atoms with van der Waals surface area (Å²) < 4.78 is 17.7. The molecule has 2 N–H and O–H groups in total. The Morgan fingerprint density at radius 1 is 1.48 bits per heavy atom. The first-order valence-electron chi connectivity index (χ1n) is 6.16. The number of hydrogen-bond donors (Lipinski definition) is 2. The molecule has 2 amide bonds. The van der Waals surface area contributed by atoms with Gasteiger partial charge in [-0.1, -0.05) is 11.6 Å². The molecule has 2 rings (SSSR count). The van der Waals surface area contributed by atoms with E-state index in [-0.39, 0.29) is 23.0 Å². The molecule has 1 atom stereocenters. The average Bonchev–Trinajstić information content (AvgIpc) is 2.87. The number of carbonyl (C=O) groups is 3. The lowest BCUT2D eigenvalue weighted by molar-refractivity contribution is -0.149. The molecular formula is C13H12ClFN2O4. The molecule has 8 heteroatoms. The van der Waals surface area contributed by atoms with Crippen LogP contribution in [-0.4, -0.2) is 30.4 Å². The molecule has 1 fully saturated rings. The maximum atomic E-state index is 12.9. The quantitative estimate of drug-likeness (QED) is 0.819. The van der Waals surface area contributed by atoms with Crippen molar-refractivity contribution in [1.29, 1.82) is 0 Å². The lowest BCUT2D eigenvalue weighted by Gasteiger charge is -2.10. The van der Waals surface area contributed by atoms with E-state index in [1.807, 2.05) is 0 Å². The van der Waals surface area contributed by atoms with Gasteiger partial charge in [-0.25, -0.2) is 9.18 Å². The van der Waals surface area contributed by atoms with Crippen molar-refractivity contribution in [2.75, 3.05) is 11.9 Å². The Morgan fingerprint density at radius 2 is 2.24 bits per heavy atom. The number of hydrogen-bond acceptors (Lipinski definition) is 4. The largest absolute Gasteiger partial charge is 0.454 e. The number of benzene rings is 1. The highest BCUT2D eigenvalue weighted by molar-refractivity contribution is 6.31. The summed E-state index contributed by atoms with van der Waals surface area (Å²) in [5.41, 5.74) is 0.289. The SMILES string of the molecule is O=C(COC(=O)[C@@H]1CCC(=O)N1)Nc1ccc(F)c(Cl)c1. The summed E-state index contributed by atoms with van der Waals surface area (Å²) in [7, 11) is 0. The van der Waals surface area contributed by atoms with Crippen LogP contribution in [0.25, 0.3) is 0 Å². The average molecular weight is 315 g/mol. The fraction of sp³-hybridized carbons (Fsp3) is 0.308. The van der Waals surface area contributed by atoms with Crippen molar-refractivity contribution in [3.05, 3.63) is 29.0 Å². The Balaban J connectivity index is 1.80. The van der Waals surface area contributed by atoms with Crippen LogP contribution in [0.4, 0.5) is 10.1 Å². The van der Waals surface area contributed by atoms with Gasteiger partial charge in [0.25, 0.3) is 5.91 Å². The Morgan fingerprint density at radius 3 is 2.86 bits per heavy atom. The second-order valence-corrected chi connectivity index (χ2v) is 4.85. The highest BCUT2D eigenvalue weighted by atomic mass is 35.5. The predicted molar refractivity (Wildman–Crippen MR) is 72.2 cm³/mol. The van der Waals surface area contributed by atoms with Crippen LogP contribution in [0.3, 0.4) is 0 Å². The fourth-order valence-electron chi connectivity index (χ4n) is 1.80. The van der Waals surface area contributed by atoms with Crippen LogP contribution in [0.2, 0.25) is 5.02 Å². The topological polar surface area (TPSA) is 84.5 Å². The maximum absolute atomic E-state index is 12.9.